The van der Waals surface area contributed by atoms with E-state index in [4.69, 9.17) is 4.43 Å². The lowest BCUT2D eigenvalue weighted by Crippen LogP contribution is -2.61. The van der Waals surface area contributed by atoms with E-state index in [0.717, 1.165) is 12.5 Å². The Kier molecular flexibility index (Phi) is 7.42. The summed E-state index contributed by atoms with van der Waals surface area (Å²) in [5, 5.41) is 12.2. The highest BCUT2D eigenvalue weighted by Crippen LogP contribution is 2.22. The first-order valence-electron chi connectivity index (χ1n) is 9.40. The Morgan fingerprint density at radius 3 is 1.88 bits per heavy atom. The summed E-state index contributed by atoms with van der Waals surface area (Å²) in [6, 6.07) is 22.6. The molecule has 25 heavy (non-hydrogen) atoms. The average molecular weight is 357 g/mol. The lowest BCUT2D eigenvalue weighted by atomic mass is 9.91. The molecule has 0 saturated heterocycles. The average Bonchev–Trinajstić information content (AvgIpc) is 2.66. The maximum absolute atomic E-state index is 9.55. The lowest BCUT2D eigenvalue weighted by Gasteiger charge is -2.34. The number of hydrogen-bond donors (Lipinski definition) is 1. The summed E-state index contributed by atoms with van der Waals surface area (Å²) >= 11 is 0. The molecule has 0 aliphatic carbocycles. The Morgan fingerprint density at radius 2 is 1.44 bits per heavy atom. The minimum Gasteiger partial charge on any atom is -0.408 e. The van der Waals surface area contributed by atoms with Gasteiger partial charge in [-0.15, -0.1) is 0 Å². The van der Waals surface area contributed by atoms with Gasteiger partial charge in [-0.05, 0) is 28.3 Å². The van der Waals surface area contributed by atoms with Crippen LogP contribution >= 0.6 is 0 Å². The van der Waals surface area contributed by atoms with E-state index < -0.39 is 8.32 Å². The molecule has 0 aliphatic heterocycles. The summed E-state index contributed by atoms with van der Waals surface area (Å²) in [6.07, 6.45) is 3.20. The van der Waals surface area contributed by atoms with E-state index in [1.54, 1.807) is 0 Å². The van der Waals surface area contributed by atoms with Crippen LogP contribution in [0.3, 0.4) is 0 Å². The third-order valence-corrected chi connectivity index (χ3v) is 9.20. The Hall–Kier alpha value is -1.42. The fourth-order valence-corrected chi connectivity index (χ4v) is 7.27. The number of benzene rings is 2. The molecule has 0 aliphatic rings. The fraction of sp³-hybridized carbons (Fsp3) is 0.455. The third-order valence-electron chi connectivity index (χ3n) is 4.92. The van der Waals surface area contributed by atoms with Gasteiger partial charge in [0, 0.05) is 13.2 Å². The van der Waals surface area contributed by atoms with E-state index in [1.165, 1.54) is 23.2 Å². The number of unbranched alkanes of at least 4 members (excludes halogenated alkanes) is 1. The Morgan fingerprint density at radius 1 is 0.920 bits per heavy atom. The molecule has 2 aromatic rings. The van der Waals surface area contributed by atoms with E-state index in [1.807, 2.05) is 0 Å². The van der Waals surface area contributed by atoms with Gasteiger partial charge in [-0.2, -0.15) is 0 Å². The molecule has 2 aromatic carbocycles. The maximum Gasteiger partial charge on any atom is 0.255 e. The third kappa shape index (κ3) is 5.27. The van der Waals surface area contributed by atoms with Crippen LogP contribution in [0, 0.1) is 5.41 Å². The number of hydrogen-bond acceptors (Lipinski definition) is 2. The van der Waals surface area contributed by atoms with Crippen molar-refractivity contribution in [2.45, 2.75) is 46.1 Å². The monoisotopic (exact) mass is 356 g/mol. The second kappa shape index (κ2) is 9.32. The Labute approximate surface area is 154 Å². The second-order valence-electron chi connectivity index (χ2n) is 7.58. The highest BCUT2D eigenvalue weighted by molar-refractivity contribution is 6.97. The zero-order chi connectivity index (χ0) is 18.2. The van der Waals surface area contributed by atoms with Crippen LogP contribution in [0.4, 0.5) is 0 Å². The summed E-state index contributed by atoms with van der Waals surface area (Å²) < 4.78 is 6.77. The summed E-state index contributed by atoms with van der Waals surface area (Å²) in [5.74, 6) is 0. The van der Waals surface area contributed by atoms with Crippen molar-refractivity contribution in [2.75, 3.05) is 13.2 Å². The molecule has 136 valence electrons. The van der Waals surface area contributed by atoms with Gasteiger partial charge in [-0.25, -0.2) is 0 Å². The van der Waals surface area contributed by atoms with Crippen molar-refractivity contribution in [1.82, 2.24) is 0 Å². The lowest BCUT2D eigenvalue weighted by molar-refractivity contribution is 0.127. The molecular formula is C22H32O2Si. The second-order valence-corrected chi connectivity index (χ2v) is 11.2. The van der Waals surface area contributed by atoms with E-state index >= 15 is 0 Å². The zero-order valence-corrected chi connectivity index (χ0v) is 16.9. The van der Waals surface area contributed by atoms with Crippen molar-refractivity contribution in [3.8, 4) is 0 Å². The molecule has 1 N–H and O–H groups in total. The number of aliphatic hydroxyl groups is 1. The molecule has 0 amide bonds. The summed E-state index contributed by atoms with van der Waals surface area (Å²) in [6.45, 7) is 7.31. The van der Waals surface area contributed by atoms with E-state index in [9.17, 15) is 5.11 Å². The molecule has 0 fully saturated rings. The van der Waals surface area contributed by atoms with Crippen molar-refractivity contribution >= 4 is 18.7 Å². The summed E-state index contributed by atoms with van der Waals surface area (Å²) in [7, 11) is -2.26. The van der Waals surface area contributed by atoms with Crippen molar-refractivity contribution in [3.05, 3.63) is 60.7 Å². The number of aliphatic hydroxyl groups excluding tert-OH is 1. The molecule has 0 unspecified atom stereocenters. The van der Waals surface area contributed by atoms with Gasteiger partial charge in [0.15, 0.2) is 0 Å². The SMILES string of the molecule is CCCC[Si](OCCC(C)(C)CO)(c1ccccc1)c1ccccc1. The van der Waals surface area contributed by atoms with Gasteiger partial charge < -0.3 is 9.53 Å². The van der Waals surface area contributed by atoms with Crippen molar-refractivity contribution < 1.29 is 9.53 Å². The van der Waals surface area contributed by atoms with Crippen LogP contribution in [0.25, 0.3) is 0 Å². The van der Waals surface area contributed by atoms with Gasteiger partial charge in [0.1, 0.15) is 0 Å². The molecule has 0 saturated carbocycles. The van der Waals surface area contributed by atoms with Gasteiger partial charge in [0.2, 0.25) is 0 Å². The van der Waals surface area contributed by atoms with Crippen LogP contribution < -0.4 is 10.4 Å². The first-order valence-corrected chi connectivity index (χ1v) is 11.5. The van der Waals surface area contributed by atoms with E-state index in [2.05, 4.69) is 81.4 Å². The molecule has 0 heterocycles. The van der Waals surface area contributed by atoms with E-state index in [-0.39, 0.29) is 12.0 Å². The van der Waals surface area contributed by atoms with E-state index in [0.29, 0.717) is 6.61 Å². The quantitative estimate of drug-likeness (QED) is 0.653. The minimum atomic E-state index is -2.26. The number of rotatable bonds is 10. The predicted octanol–water partition coefficient (Wildman–Crippen LogP) is 3.97. The molecule has 2 rings (SSSR count). The molecule has 0 aromatic heterocycles. The highest BCUT2D eigenvalue weighted by atomic mass is 28.4. The van der Waals surface area contributed by atoms with Crippen LogP contribution in [0.2, 0.25) is 6.04 Å². The van der Waals surface area contributed by atoms with Crippen molar-refractivity contribution in [3.63, 3.8) is 0 Å². The smallest absolute Gasteiger partial charge is 0.255 e. The summed E-state index contributed by atoms with van der Waals surface area (Å²) in [4.78, 5) is 0. The normalized spacial score (nSPS) is 12.3. The van der Waals surface area contributed by atoms with Gasteiger partial charge in [-0.1, -0.05) is 94.3 Å². The predicted molar refractivity (Wildman–Crippen MR) is 109 cm³/mol. The standard InChI is InChI=1S/C22H32O2Si/c1-4-5-18-25(20-12-8-6-9-13-20,21-14-10-7-11-15-21)24-17-16-22(2,3)19-23/h6-15,23H,4-5,16-19H2,1-3H3. The van der Waals surface area contributed by atoms with Gasteiger partial charge >= 0.3 is 0 Å². The topological polar surface area (TPSA) is 29.5 Å². The van der Waals surface area contributed by atoms with Crippen LogP contribution in [0.5, 0.6) is 0 Å². The first-order chi connectivity index (χ1) is 12.0. The van der Waals surface area contributed by atoms with Crippen molar-refractivity contribution in [1.29, 1.82) is 0 Å². The molecule has 0 spiro atoms. The zero-order valence-electron chi connectivity index (χ0n) is 15.9. The van der Waals surface area contributed by atoms with Crippen molar-refractivity contribution in [2.24, 2.45) is 5.41 Å². The molecule has 0 bridgehead atoms. The summed E-state index contributed by atoms with van der Waals surface area (Å²) in [5.41, 5.74) is -0.0989. The van der Waals surface area contributed by atoms with Crippen LogP contribution in [-0.4, -0.2) is 26.6 Å². The Balaban J connectivity index is 2.37. The Bertz CT molecular complexity index is 571. The van der Waals surface area contributed by atoms with Crippen LogP contribution in [-0.2, 0) is 4.43 Å². The van der Waals surface area contributed by atoms with Gasteiger partial charge in [0.25, 0.3) is 8.32 Å². The molecule has 3 heteroatoms. The molecule has 0 atom stereocenters. The van der Waals surface area contributed by atoms with Gasteiger partial charge in [0.05, 0.1) is 0 Å². The molecule has 0 radical (unpaired) electrons. The molecule has 2 nitrogen and oxygen atoms in total. The fourth-order valence-electron chi connectivity index (χ4n) is 3.12. The van der Waals surface area contributed by atoms with Crippen LogP contribution in [0.1, 0.15) is 40.0 Å². The largest absolute Gasteiger partial charge is 0.408 e. The van der Waals surface area contributed by atoms with Crippen LogP contribution in [0.15, 0.2) is 60.7 Å². The highest BCUT2D eigenvalue weighted by Gasteiger charge is 2.39. The first kappa shape index (κ1) is 19.9. The maximum atomic E-state index is 9.55. The molecular weight excluding hydrogens is 324 g/mol. The minimum absolute atomic E-state index is 0.0989. The van der Waals surface area contributed by atoms with Gasteiger partial charge in [-0.3, -0.25) is 0 Å².